The number of carbonyl (C=O) groups is 2. The van der Waals surface area contributed by atoms with Crippen molar-refractivity contribution in [3.8, 4) is 0 Å². The molecule has 7 heteroatoms. The summed E-state index contributed by atoms with van der Waals surface area (Å²) in [5.41, 5.74) is 0.448. The van der Waals surface area contributed by atoms with Gasteiger partial charge in [-0.05, 0) is 44.6 Å². The predicted octanol–water partition coefficient (Wildman–Crippen LogP) is 1.11. The molecule has 7 nitrogen and oxygen atoms in total. The number of carbonyl (C=O) groups excluding carboxylic acids is 2. The van der Waals surface area contributed by atoms with E-state index in [1.54, 1.807) is 18.1 Å². The van der Waals surface area contributed by atoms with Crippen molar-refractivity contribution in [2.75, 3.05) is 40.9 Å². The highest BCUT2D eigenvalue weighted by atomic mass is 16.5. The average molecular weight is 377 g/mol. The lowest BCUT2D eigenvalue weighted by Gasteiger charge is -2.33. The van der Waals surface area contributed by atoms with Gasteiger partial charge in [0.15, 0.2) is 0 Å². The fraction of sp³-hybridized carbons (Fsp3) is 0.600. The maximum absolute atomic E-state index is 12.7. The predicted molar refractivity (Wildman–Crippen MR) is 106 cm³/mol. The first-order valence-corrected chi connectivity index (χ1v) is 9.36. The zero-order valence-corrected chi connectivity index (χ0v) is 17.1. The van der Waals surface area contributed by atoms with Crippen LogP contribution in [0.2, 0.25) is 0 Å². The van der Waals surface area contributed by atoms with Crippen LogP contribution in [0.1, 0.15) is 25.3 Å². The number of methoxy groups -OCH3 is 1. The molecule has 0 radical (unpaired) electrons. The Morgan fingerprint density at radius 2 is 2.19 bits per heavy atom. The topological polar surface area (TPSA) is 66.8 Å². The van der Waals surface area contributed by atoms with Crippen molar-refractivity contribution in [2.24, 2.45) is 7.05 Å². The van der Waals surface area contributed by atoms with E-state index >= 15 is 0 Å². The molecule has 150 valence electrons. The van der Waals surface area contributed by atoms with Crippen molar-refractivity contribution in [1.82, 2.24) is 19.7 Å². The Labute approximate surface area is 162 Å². The lowest BCUT2D eigenvalue weighted by atomic mass is 9.98. The number of rotatable bonds is 8. The van der Waals surface area contributed by atoms with Crippen LogP contribution in [0, 0.1) is 0 Å². The fourth-order valence-corrected chi connectivity index (χ4v) is 3.62. The minimum absolute atomic E-state index is 0.0197. The van der Waals surface area contributed by atoms with E-state index in [4.69, 9.17) is 4.74 Å². The first-order valence-electron chi connectivity index (χ1n) is 9.36. The van der Waals surface area contributed by atoms with Crippen molar-refractivity contribution >= 4 is 17.9 Å². The number of aryl methyl sites for hydroxylation is 1. The molecule has 1 fully saturated rings. The van der Waals surface area contributed by atoms with E-state index in [1.807, 2.05) is 62.1 Å². The minimum Gasteiger partial charge on any atom is -0.382 e. The molecule has 0 bridgehead atoms. The summed E-state index contributed by atoms with van der Waals surface area (Å²) in [6.45, 7) is 3.43. The van der Waals surface area contributed by atoms with E-state index in [0.717, 1.165) is 12.0 Å². The van der Waals surface area contributed by atoms with E-state index in [2.05, 4.69) is 5.32 Å². The van der Waals surface area contributed by atoms with E-state index in [1.165, 1.54) is 0 Å². The molecule has 1 N–H and O–H groups in total. The second-order valence-corrected chi connectivity index (χ2v) is 7.54. The lowest BCUT2D eigenvalue weighted by molar-refractivity contribution is -0.129. The van der Waals surface area contributed by atoms with Crippen LogP contribution in [-0.2, 0) is 21.4 Å². The highest BCUT2D eigenvalue weighted by Gasteiger charge is 2.42. The Bertz CT molecular complexity index is 683. The highest BCUT2D eigenvalue weighted by molar-refractivity contribution is 5.92. The number of nitrogens with one attached hydrogen (secondary N) is 1. The summed E-state index contributed by atoms with van der Waals surface area (Å²) in [7, 11) is 7.36. The van der Waals surface area contributed by atoms with Crippen LogP contribution in [0.25, 0.3) is 6.08 Å². The molecule has 1 aliphatic rings. The normalized spacial score (nSPS) is 21.2. The fourth-order valence-electron chi connectivity index (χ4n) is 3.62. The zero-order valence-electron chi connectivity index (χ0n) is 17.1. The molecule has 27 heavy (non-hydrogen) atoms. The molecule has 1 saturated heterocycles. The first kappa shape index (κ1) is 21.2. The molecule has 0 aromatic carbocycles. The molecule has 1 aliphatic heterocycles. The van der Waals surface area contributed by atoms with E-state index in [9.17, 15) is 9.59 Å². The van der Waals surface area contributed by atoms with Gasteiger partial charge in [-0.25, -0.2) is 0 Å². The summed E-state index contributed by atoms with van der Waals surface area (Å²) in [6, 6.07) is 1.76. The number of amides is 2. The lowest BCUT2D eigenvalue weighted by Crippen LogP contribution is -2.58. The van der Waals surface area contributed by atoms with Crippen LogP contribution in [0.3, 0.4) is 0 Å². The Hall–Kier alpha value is -2.12. The van der Waals surface area contributed by atoms with Gasteiger partial charge in [-0.1, -0.05) is 6.92 Å². The van der Waals surface area contributed by atoms with E-state index in [-0.39, 0.29) is 17.9 Å². The van der Waals surface area contributed by atoms with Crippen molar-refractivity contribution in [1.29, 1.82) is 0 Å². The molecule has 2 atom stereocenters. The Kier molecular flexibility index (Phi) is 7.21. The third kappa shape index (κ3) is 5.43. The van der Waals surface area contributed by atoms with Crippen LogP contribution in [0.5, 0.6) is 0 Å². The smallest absolute Gasteiger partial charge is 0.246 e. The minimum atomic E-state index is -0.536. The number of likely N-dealkylation sites (N-methyl/N-ethyl adjacent to an activating group) is 1. The molecule has 2 rings (SSSR count). The molecule has 2 heterocycles. The Balaban J connectivity index is 2.04. The number of hydrogen-bond donors (Lipinski definition) is 1. The van der Waals surface area contributed by atoms with Gasteiger partial charge in [0.1, 0.15) is 0 Å². The largest absolute Gasteiger partial charge is 0.382 e. The van der Waals surface area contributed by atoms with E-state index < -0.39 is 5.54 Å². The van der Waals surface area contributed by atoms with E-state index in [0.29, 0.717) is 26.1 Å². The summed E-state index contributed by atoms with van der Waals surface area (Å²) < 4.78 is 7.32. The summed E-state index contributed by atoms with van der Waals surface area (Å²) in [5, 5.41) is 3.16. The van der Waals surface area contributed by atoms with Gasteiger partial charge in [-0.15, -0.1) is 0 Å². The zero-order chi connectivity index (χ0) is 20.0. The van der Waals surface area contributed by atoms with Crippen molar-refractivity contribution in [3.63, 3.8) is 0 Å². The van der Waals surface area contributed by atoms with Crippen molar-refractivity contribution in [3.05, 3.63) is 30.1 Å². The van der Waals surface area contributed by atoms with Gasteiger partial charge in [-0.2, -0.15) is 0 Å². The SMILES string of the molecule is CCC(C(=O)NC1(COC)CCN(C(=O)/C=C/c2ccn(C)c2)C1)N(C)C. The van der Waals surface area contributed by atoms with Gasteiger partial charge in [0.25, 0.3) is 0 Å². The molecular formula is C20H32N4O3. The van der Waals surface area contributed by atoms with Crippen LogP contribution in [0.15, 0.2) is 24.5 Å². The van der Waals surface area contributed by atoms with Gasteiger partial charge < -0.3 is 19.5 Å². The van der Waals surface area contributed by atoms with Gasteiger partial charge in [-0.3, -0.25) is 14.5 Å². The second kappa shape index (κ2) is 9.19. The highest BCUT2D eigenvalue weighted by Crippen LogP contribution is 2.23. The van der Waals surface area contributed by atoms with Gasteiger partial charge in [0.05, 0.1) is 18.2 Å². The van der Waals surface area contributed by atoms with Gasteiger partial charge >= 0.3 is 0 Å². The van der Waals surface area contributed by atoms with Crippen molar-refractivity contribution in [2.45, 2.75) is 31.3 Å². The van der Waals surface area contributed by atoms with Crippen LogP contribution >= 0.6 is 0 Å². The van der Waals surface area contributed by atoms with Crippen LogP contribution < -0.4 is 5.32 Å². The molecule has 2 unspecified atom stereocenters. The number of hydrogen-bond acceptors (Lipinski definition) is 4. The summed E-state index contributed by atoms with van der Waals surface area (Å²) in [5.74, 6) is -0.0700. The van der Waals surface area contributed by atoms with Gasteiger partial charge in [0.2, 0.25) is 11.8 Å². The molecule has 0 spiro atoms. The molecule has 0 saturated carbocycles. The summed E-state index contributed by atoms with van der Waals surface area (Å²) in [4.78, 5) is 29.0. The maximum Gasteiger partial charge on any atom is 0.246 e. The number of aromatic nitrogens is 1. The summed E-state index contributed by atoms with van der Waals surface area (Å²) >= 11 is 0. The average Bonchev–Trinajstić information content (AvgIpc) is 3.20. The number of nitrogens with zero attached hydrogens (tertiary/aromatic N) is 3. The third-order valence-electron chi connectivity index (χ3n) is 5.06. The van der Waals surface area contributed by atoms with Gasteiger partial charge in [0, 0.05) is 45.7 Å². The first-order chi connectivity index (χ1) is 12.8. The molecule has 1 aromatic heterocycles. The summed E-state index contributed by atoms with van der Waals surface area (Å²) in [6.07, 6.45) is 8.71. The second-order valence-electron chi connectivity index (χ2n) is 7.54. The maximum atomic E-state index is 12.7. The number of ether oxygens (including phenoxy) is 1. The quantitative estimate of drug-likeness (QED) is 0.691. The monoisotopic (exact) mass is 376 g/mol. The standard InChI is InChI=1S/C20H32N4O3/c1-6-17(22(2)3)19(26)21-20(15-27-5)10-12-24(14-20)18(25)8-7-16-9-11-23(4)13-16/h7-9,11,13,17H,6,10,12,14-15H2,1-5H3,(H,21,26)/b8-7+. The molecule has 0 aliphatic carbocycles. The number of likely N-dealkylation sites (tertiary alicyclic amines) is 1. The molecule has 1 aromatic rings. The molecular weight excluding hydrogens is 344 g/mol. The van der Waals surface area contributed by atoms with Crippen molar-refractivity contribution < 1.29 is 14.3 Å². The van der Waals surface area contributed by atoms with Crippen LogP contribution in [-0.4, -0.2) is 78.7 Å². The molecule has 2 amide bonds. The Morgan fingerprint density at radius 1 is 1.44 bits per heavy atom. The Morgan fingerprint density at radius 3 is 2.74 bits per heavy atom. The third-order valence-corrected chi connectivity index (χ3v) is 5.06. The van der Waals surface area contributed by atoms with Crippen LogP contribution in [0.4, 0.5) is 0 Å².